The zero-order chi connectivity index (χ0) is 17.4. The maximum Gasteiger partial charge on any atom is 0.199 e. The third kappa shape index (κ3) is 3.61. The van der Waals surface area contributed by atoms with E-state index in [1.807, 2.05) is 24.3 Å². The molecule has 3 nitrogen and oxygen atoms in total. The summed E-state index contributed by atoms with van der Waals surface area (Å²) in [5.41, 5.74) is 1.14. The van der Waals surface area contributed by atoms with Gasteiger partial charge in [-0.3, -0.25) is 4.79 Å². The van der Waals surface area contributed by atoms with Crippen molar-refractivity contribution in [2.45, 2.75) is 28.6 Å². The molecule has 4 rings (SSSR count). The van der Waals surface area contributed by atoms with Crippen molar-refractivity contribution in [2.24, 2.45) is 0 Å². The number of ketones is 1. The summed E-state index contributed by atoms with van der Waals surface area (Å²) in [6.07, 6.45) is 3.60. The minimum absolute atomic E-state index is 0.0868. The van der Waals surface area contributed by atoms with Crippen LogP contribution in [0.4, 0.5) is 0 Å². The highest BCUT2D eigenvalue weighted by Crippen LogP contribution is 2.42. The SMILES string of the molecule is O=C(c1ccc(Cl)cc1Sc1ccc(Cl)cc1)c1cnoc1C1CC1. The van der Waals surface area contributed by atoms with Crippen LogP contribution < -0.4 is 0 Å². The number of hydrogen-bond acceptors (Lipinski definition) is 4. The van der Waals surface area contributed by atoms with Crippen molar-refractivity contribution < 1.29 is 9.32 Å². The maximum atomic E-state index is 13.1. The summed E-state index contributed by atoms with van der Waals surface area (Å²) in [5, 5.41) is 5.08. The molecule has 0 bridgehead atoms. The van der Waals surface area contributed by atoms with Crippen LogP contribution in [0.5, 0.6) is 0 Å². The van der Waals surface area contributed by atoms with E-state index in [-0.39, 0.29) is 5.78 Å². The molecule has 1 heterocycles. The Labute approximate surface area is 159 Å². The van der Waals surface area contributed by atoms with Crippen LogP contribution in [0.2, 0.25) is 10.0 Å². The lowest BCUT2D eigenvalue weighted by Gasteiger charge is -2.09. The van der Waals surface area contributed by atoms with E-state index in [9.17, 15) is 4.79 Å². The van der Waals surface area contributed by atoms with Crippen molar-refractivity contribution >= 4 is 40.7 Å². The number of carbonyl (C=O) groups excluding carboxylic acids is 1. The lowest BCUT2D eigenvalue weighted by Crippen LogP contribution is -2.04. The first-order valence-electron chi connectivity index (χ1n) is 7.84. The Balaban J connectivity index is 1.70. The van der Waals surface area contributed by atoms with Crippen LogP contribution in [0.15, 0.2) is 63.0 Å². The lowest BCUT2D eigenvalue weighted by molar-refractivity contribution is 0.103. The molecule has 0 spiro atoms. The molecule has 1 fully saturated rings. The van der Waals surface area contributed by atoms with Crippen molar-refractivity contribution in [2.75, 3.05) is 0 Å². The van der Waals surface area contributed by atoms with Gasteiger partial charge in [-0.25, -0.2) is 0 Å². The monoisotopic (exact) mass is 389 g/mol. The van der Waals surface area contributed by atoms with Crippen LogP contribution in [0.3, 0.4) is 0 Å². The Kier molecular flexibility index (Phi) is 4.59. The van der Waals surface area contributed by atoms with E-state index in [1.165, 1.54) is 18.0 Å². The molecule has 3 aromatic rings. The molecule has 0 unspecified atom stereocenters. The van der Waals surface area contributed by atoms with Gasteiger partial charge in [0.1, 0.15) is 0 Å². The number of rotatable bonds is 5. The highest BCUT2D eigenvalue weighted by molar-refractivity contribution is 7.99. The molecule has 0 radical (unpaired) electrons. The second-order valence-electron chi connectivity index (χ2n) is 5.90. The second-order valence-corrected chi connectivity index (χ2v) is 7.89. The summed E-state index contributed by atoms with van der Waals surface area (Å²) in [5.74, 6) is 0.930. The van der Waals surface area contributed by atoms with E-state index >= 15 is 0 Å². The number of benzene rings is 2. The Morgan fingerprint density at radius 3 is 2.48 bits per heavy atom. The standard InChI is InChI=1S/C19H13Cl2NO2S/c20-12-3-6-14(7-4-12)25-17-9-13(21)5-8-15(17)18(23)16-10-22-24-19(16)11-1-2-11/h3-11H,1-2H2. The number of carbonyl (C=O) groups is 1. The van der Waals surface area contributed by atoms with Crippen molar-refractivity contribution in [3.63, 3.8) is 0 Å². The zero-order valence-corrected chi connectivity index (χ0v) is 15.4. The van der Waals surface area contributed by atoms with Crippen LogP contribution in [0.25, 0.3) is 0 Å². The molecule has 126 valence electrons. The largest absolute Gasteiger partial charge is 0.360 e. The normalized spacial score (nSPS) is 13.8. The van der Waals surface area contributed by atoms with Gasteiger partial charge < -0.3 is 4.52 Å². The fraction of sp³-hybridized carbons (Fsp3) is 0.158. The number of nitrogens with zero attached hydrogens (tertiary/aromatic N) is 1. The summed E-state index contributed by atoms with van der Waals surface area (Å²) in [7, 11) is 0. The molecule has 6 heteroatoms. The fourth-order valence-corrected chi connectivity index (χ4v) is 3.95. The first-order chi connectivity index (χ1) is 12.1. The van der Waals surface area contributed by atoms with Crippen molar-refractivity contribution in [1.29, 1.82) is 0 Å². The van der Waals surface area contributed by atoms with E-state index in [1.54, 1.807) is 18.2 Å². The summed E-state index contributed by atoms with van der Waals surface area (Å²) >= 11 is 13.6. The van der Waals surface area contributed by atoms with E-state index < -0.39 is 0 Å². The second kappa shape index (κ2) is 6.87. The molecule has 0 N–H and O–H groups in total. The van der Waals surface area contributed by atoms with Crippen LogP contribution in [0, 0.1) is 0 Å². The molecule has 2 aromatic carbocycles. The average Bonchev–Trinajstić information content (AvgIpc) is 3.33. The van der Waals surface area contributed by atoms with Crippen molar-refractivity contribution in [3.8, 4) is 0 Å². The predicted octanol–water partition coefficient (Wildman–Crippen LogP) is 6.24. The molecule has 0 aliphatic heterocycles. The highest BCUT2D eigenvalue weighted by Gasteiger charge is 2.33. The Morgan fingerprint density at radius 1 is 1.04 bits per heavy atom. The molecule has 25 heavy (non-hydrogen) atoms. The topological polar surface area (TPSA) is 43.1 Å². The quantitative estimate of drug-likeness (QED) is 0.484. The molecule has 1 saturated carbocycles. The molecular formula is C19H13Cl2NO2S. The van der Waals surface area contributed by atoms with Gasteiger partial charge in [0.05, 0.1) is 11.8 Å². The molecule has 0 amide bonds. The number of halogens is 2. The van der Waals surface area contributed by atoms with Gasteiger partial charge >= 0.3 is 0 Å². The molecule has 1 aromatic heterocycles. The summed E-state index contributed by atoms with van der Waals surface area (Å²) in [6, 6.07) is 12.8. The zero-order valence-electron chi connectivity index (χ0n) is 13.0. The Morgan fingerprint density at radius 2 is 1.76 bits per heavy atom. The average molecular weight is 390 g/mol. The minimum Gasteiger partial charge on any atom is -0.360 e. The third-order valence-corrected chi connectivity index (χ3v) is 5.57. The maximum absolute atomic E-state index is 13.1. The molecule has 1 aliphatic rings. The van der Waals surface area contributed by atoms with Crippen LogP contribution in [-0.4, -0.2) is 10.9 Å². The Hall–Kier alpha value is -1.75. The fourth-order valence-electron chi connectivity index (χ4n) is 2.60. The number of aromatic nitrogens is 1. The number of hydrogen-bond donors (Lipinski definition) is 0. The Bertz CT molecular complexity index is 933. The van der Waals surface area contributed by atoms with Gasteiger partial charge in [-0.1, -0.05) is 40.1 Å². The van der Waals surface area contributed by atoms with Crippen LogP contribution in [0.1, 0.15) is 40.4 Å². The smallest absolute Gasteiger partial charge is 0.199 e. The summed E-state index contributed by atoms with van der Waals surface area (Å²) < 4.78 is 5.31. The third-order valence-electron chi connectivity index (χ3n) is 4.02. The summed E-state index contributed by atoms with van der Waals surface area (Å²) in [6.45, 7) is 0. The van der Waals surface area contributed by atoms with Gasteiger partial charge in [-0.2, -0.15) is 0 Å². The van der Waals surface area contributed by atoms with Gasteiger partial charge in [-0.05, 0) is 55.3 Å². The molecule has 1 aliphatic carbocycles. The first kappa shape index (κ1) is 16.7. The van der Waals surface area contributed by atoms with E-state index in [0.29, 0.717) is 32.9 Å². The van der Waals surface area contributed by atoms with E-state index in [4.69, 9.17) is 27.7 Å². The van der Waals surface area contributed by atoms with E-state index in [0.717, 1.165) is 22.6 Å². The van der Waals surface area contributed by atoms with Gasteiger partial charge in [0, 0.05) is 31.3 Å². The van der Waals surface area contributed by atoms with Gasteiger partial charge in [0.2, 0.25) is 0 Å². The van der Waals surface area contributed by atoms with Crippen molar-refractivity contribution in [3.05, 3.63) is 75.6 Å². The van der Waals surface area contributed by atoms with Gasteiger partial charge in [0.15, 0.2) is 11.5 Å². The highest BCUT2D eigenvalue weighted by atomic mass is 35.5. The minimum atomic E-state index is -0.0868. The van der Waals surface area contributed by atoms with Gasteiger partial charge in [-0.15, -0.1) is 0 Å². The predicted molar refractivity (Wildman–Crippen MR) is 98.9 cm³/mol. The lowest BCUT2D eigenvalue weighted by atomic mass is 10.0. The molecule has 0 saturated heterocycles. The van der Waals surface area contributed by atoms with Gasteiger partial charge in [0.25, 0.3) is 0 Å². The van der Waals surface area contributed by atoms with Crippen LogP contribution in [-0.2, 0) is 0 Å². The van der Waals surface area contributed by atoms with Crippen molar-refractivity contribution in [1.82, 2.24) is 5.16 Å². The first-order valence-corrected chi connectivity index (χ1v) is 9.41. The van der Waals surface area contributed by atoms with E-state index in [2.05, 4.69) is 5.16 Å². The van der Waals surface area contributed by atoms with Crippen LogP contribution >= 0.6 is 35.0 Å². The molecular weight excluding hydrogens is 377 g/mol. The molecule has 0 atom stereocenters. The summed E-state index contributed by atoms with van der Waals surface area (Å²) in [4.78, 5) is 14.8.